The number of ether oxygens (including phenoxy) is 2. The second-order valence-corrected chi connectivity index (χ2v) is 20.7. The van der Waals surface area contributed by atoms with E-state index in [1.165, 1.54) is 29.0 Å². The second-order valence-electron chi connectivity index (χ2n) is 20.7. The number of hydrogen-bond donors (Lipinski definition) is 3. The molecule has 65 heavy (non-hydrogen) atoms. The Bertz CT molecular complexity index is 1920. The van der Waals surface area contributed by atoms with Crippen molar-refractivity contribution in [3.63, 3.8) is 0 Å². The number of benzene rings is 1. The highest BCUT2D eigenvalue weighted by molar-refractivity contribution is 6.12. The lowest BCUT2D eigenvalue weighted by Gasteiger charge is -2.42. The van der Waals surface area contributed by atoms with Gasteiger partial charge in [-0.2, -0.15) is 0 Å². The summed E-state index contributed by atoms with van der Waals surface area (Å²) in [5.74, 6) is -3.63. The molecule has 16 nitrogen and oxygen atoms in total. The summed E-state index contributed by atoms with van der Waals surface area (Å²) in [6.07, 6.45) is 4.20. The van der Waals surface area contributed by atoms with E-state index in [1.54, 1.807) is 61.6 Å². The van der Waals surface area contributed by atoms with Crippen molar-refractivity contribution < 1.29 is 47.8 Å². The third-order valence-electron chi connectivity index (χ3n) is 10.9. The first-order chi connectivity index (χ1) is 29.8. The SMILES string of the molecule is C/C(=C\[C@H](C(C)C)N(C)C(=O)[C@@H](NC(=O)[C@@H](N(C)C(=O)OC(C)(C)C)C(C)(C)c1ccccc1)C(C)(C)C)C(=O)N[C@H](CCC(=O)NCCCCN1C(=O)C=CC1=O)C(=O)OC(C)(C)C. The van der Waals surface area contributed by atoms with E-state index >= 15 is 0 Å². The highest BCUT2D eigenvalue weighted by Crippen LogP contribution is 2.32. The molecular weight excluding hydrogens is 833 g/mol. The van der Waals surface area contributed by atoms with Gasteiger partial charge in [-0.05, 0) is 84.6 Å². The van der Waals surface area contributed by atoms with Crippen LogP contribution in [0.4, 0.5) is 4.79 Å². The van der Waals surface area contributed by atoms with Gasteiger partial charge in [-0.3, -0.25) is 38.6 Å². The molecule has 0 aliphatic carbocycles. The van der Waals surface area contributed by atoms with Gasteiger partial charge in [0.15, 0.2) is 0 Å². The van der Waals surface area contributed by atoms with Crippen molar-refractivity contribution in [1.29, 1.82) is 0 Å². The van der Waals surface area contributed by atoms with Crippen LogP contribution in [0.25, 0.3) is 0 Å². The van der Waals surface area contributed by atoms with E-state index in [1.807, 2.05) is 78.8 Å². The smallest absolute Gasteiger partial charge is 0.410 e. The summed E-state index contributed by atoms with van der Waals surface area (Å²) in [4.78, 5) is 110. The van der Waals surface area contributed by atoms with Crippen LogP contribution < -0.4 is 16.0 Å². The minimum Gasteiger partial charge on any atom is -0.458 e. The lowest BCUT2D eigenvalue weighted by molar-refractivity contribution is -0.158. The zero-order chi connectivity index (χ0) is 49.8. The van der Waals surface area contributed by atoms with Crippen LogP contribution in [-0.4, -0.2) is 125 Å². The minimum atomic E-state index is -1.18. The van der Waals surface area contributed by atoms with Gasteiger partial charge < -0.3 is 30.3 Å². The van der Waals surface area contributed by atoms with Crippen molar-refractivity contribution in [2.45, 2.75) is 163 Å². The largest absolute Gasteiger partial charge is 0.458 e. The number of esters is 1. The zero-order valence-corrected chi connectivity index (χ0v) is 41.7. The number of nitrogens with zero attached hydrogens (tertiary/aromatic N) is 3. The normalized spacial score (nSPS) is 15.5. The molecule has 362 valence electrons. The highest BCUT2D eigenvalue weighted by Gasteiger charge is 2.46. The fourth-order valence-electron chi connectivity index (χ4n) is 7.29. The Morgan fingerprint density at radius 1 is 0.769 bits per heavy atom. The van der Waals surface area contributed by atoms with Crippen molar-refractivity contribution in [2.24, 2.45) is 11.3 Å². The van der Waals surface area contributed by atoms with Crippen LogP contribution in [0.1, 0.15) is 128 Å². The summed E-state index contributed by atoms with van der Waals surface area (Å²) in [6, 6.07) is 5.30. The van der Waals surface area contributed by atoms with E-state index in [4.69, 9.17) is 9.47 Å². The van der Waals surface area contributed by atoms with Crippen LogP contribution >= 0.6 is 0 Å². The monoisotopic (exact) mass is 909 g/mol. The number of carbonyl (C=O) groups excluding carboxylic acids is 8. The van der Waals surface area contributed by atoms with Gasteiger partial charge >= 0.3 is 12.1 Å². The van der Waals surface area contributed by atoms with Gasteiger partial charge in [-0.1, -0.05) is 84.9 Å². The van der Waals surface area contributed by atoms with Crippen molar-refractivity contribution >= 4 is 47.5 Å². The first-order valence-electron chi connectivity index (χ1n) is 22.4. The first-order valence-corrected chi connectivity index (χ1v) is 22.4. The third kappa shape index (κ3) is 17.1. The van der Waals surface area contributed by atoms with Crippen molar-refractivity contribution in [1.82, 2.24) is 30.7 Å². The van der Waals surface area contributed by atoms with Gasteiger partial charge in [0.1, 0.15) is 29.3 Å². The number of imide groups is 1. The molecule has 4 atom stereocenters. The quantitative estimate of drug-likeness (QED) is 0.0642. The molecule has 1 aliphatic rings. The molecule has 0 aromatic heterocycles. The highest BCUT2D eigenvalue weighted by atomic mass is 16.6. The number of likely N-dealkylation sites (N-methyl/N-ethyl adjacent to an activating group) is 2. The summed E-state index contributed by atoms with van der Waals surface area (Å²) in [7, 11) is 3.11. The molecule has 1 aliphatic heterocycles. The van der Waals surface area contributed by atoms with Gasteiger partial charge in [-0.15, -0.1) is 0 Å². The molecule has 3 N–H and O–H groups in total. The van der Waals surface area contributed by atoms with Crippen LogP contribution in [0.15, 0.2) is 54.1 Å². The van der Waals surface area contributed by atoms with E-state index in [-0.39, 0.29) is 55.1 Å². The molecular formula is C49H76N6O10. The number of rotatable bonds is 20. The van der Waals surface area contributed by atoms with Crippen LogP contribution in [0.2, 0.25) is 0 Å². The average molecular weight is 909 g/mol. The number of nitrogens with one attached hydrogen (secondary N) is 3. The minimum absolute atomic E-state index is 0.0631. The third-order valence-corrected chi connectivity index (χ3v) is 10.9. The molecule has 0 saturated carbocycles. The molecule has 0 radical (unpaired) electrons. The Kier molecular flexibility index (Phi) is 19.7. The maximum absolute atomic E-state index is 14.6. The lowest BCUT2D eigenvalue weighted by atomic mass is 9.76. The Morgan fingerprint density at radius 3 is 1.83 bits per heavy atom. The number of hydrogen-bond acceptors (Lipinski definition) is 10. The molecule has 16 heteroatoms. The molecule has 1 aromatic carbocycles. The lowest BCUT2D eigenvalue weighted by Crippen LogP contribution is -2.63. The molecule has 1 heterocycles. The van der Waals surface area contributed by atoms with E-state index < -0.39 is 76.0 Å². The van der Waals surface area contributed by atoms with Gasteiger partial charge in [-0.25, -0.2) is 9.59 Å². The predicted octanol–water partition coefficient (Wildman–Crippen LogP) is 5.59. The average Bonchev–Trinajstić information content (AvgIpc) is 3.50. The van der Waals surface area contributed by atoms with Crippen molar-refractivity contribution in [2.75, 3.05) is 27.2 Å². The summed E-state index contributed by atoms with van der Waals surface area (Å²) in [5, 5.41) is 8.51. The summed E-state index contributed by atoms with van der Waals surface area (Å²) in [6.45, 7) is 25.4. The number of unbranched alkanes of at least 4 members (excludes halogenated alkanes) is 1. The summed E-state index contributed by atoms with van der Waals surface area (Å²) in [5.41, 5.74) is -2.48. The molecule has 0 fully saturated rings. The van der Waals surface area contributed by atoms with Crippen molar-refractivity contribution in [3.8, 4) is 0 Å². The van der Waals surface area contributed by atoms with Crippen molar-refractivity contribution in [3.05, 3.63) is 59.7 Å². The summed E-state index contributed by atoms with van der Waals surface area (Å²) >= 11 is 0. The fraction of sp³-hybridized carbons (Fsp3) is 0.633. The second kappa shape index (κ2) is 23.1. The van der Waals surface area contributed by atoms with Gasteiger partial charge in [0.05, 0.1) is 6.04 Å². The summed E-state index contributed by atoms with van der Waals surface area (Å²) < 4.78 is 11.3. The Morgan fingerprint density at radius 2 is 1.32 bits per heavy atom. The first kappa shape index (κ1) is 55.6. The Balaban J connectivity index is 2.32. The topological polar surface area (TPSA) is 201 Å². The van der Waals surface area contributed by atoms with E-state index in [2.05, 4.69) is 16.0 Å². The van der Waals surface area contributed by atoms with Crippen LogP contribution in [-0.2, 0) is 48.5 Å². The van der Waals surface area contributed by atoms with Gasteiger partial charge in [0.2, 0.25) is 23.6 Å². The molecule has 0 saturated heterocycles. The van der Waals surface area contributed by atoms with Crippen LogP contribution in [0.5, 0.6) is 0 Å². The van der Waals surface area contributed by atoms with Gasteiger partial charge in [0.25, 0.3) is 11.8 Å². The predicted molar refractivity (Wildman–Crippen MR) is 249 cm³/mol. The molecule has 1 aromatic rings. The maximum atomic E-state index is 14.6. The van der Waals surface area contributed by atoms with Gasteiger partial charge in [0, 0.05) is 56.7 Å². The van der Waals surface area contributed by atoms with E-state index in [9.17, 15) is 38.4 Å². The van der Waals surface area contributed by atoms with Crippen LogP contribution in [0.3, 0.4) is 0 Å². The Labute approximate surface area is 386 Å². The molecule has 0 bridgehead atoms. The number of carbonyl (C=O) groups is 8. The molecule has 0 spiro atoms. The standard InChI is InChI=1S/C49H76N6O10/c1-31(2)35(30-32(3)41(59)51-34(44(62)64-47(7,8)9)24-25-36(56)50-28-20-21-29-55-37(57)26-27-38(55)58)53(15)43(61)39(46(4,5)6)52-42(60)40(54(16)45(63)65-48(10,11)12)49(13,14)33-22-18-17-19-23-33/h17-19,22-23,26-27,30-31,34-35,39-40H,20-21,24-25,28-29H2,1-16H3,(H,50,56)(H,51,59)(H,52,60)/b32-30+/t34-,35-,39-,40-/m1/s1. The number of amides is 7. The molecule has 0 unspecified atom stereocenters. The zero-order valence-electron chi connectivity index (χ0n) is 41.7. The van der Waals surface area contributed by atoms with E-state index in [0.717, 1.165) is 10.5 Å². The fourth-order valence-corrected chi connectivity index (χ4v) is 7.29. The van der Waals surface area contributed by atoms with Crippen LogP contribution in [0, 0.1) is 11.3 Å². The Hall–Kier alpha value is -5.54. The molecule has 2 rings (SSSR count). The van der Waals surface area contributed by atoms with E-state index in [0.29, 0.717) is 12.8 Å². The molecule has 7 amide bonds. The maximum Gasteiger partial charge on any atom is 0.410 e.